The lowest BCUT2D eigenvalue weighted by Crippen LogP contribution is -2.17. The van der Waals surface area contributed by atoms with E-state index in [0.29, 0.717) is 55.1 Å². The van der Waals surface area contributed by atoms with Crippen LogP contribution in [0.4, 0.5) is 0 Å². The SMILES string of the molecule is CCOc1cc(C=NNC(=O)c2cccc(Cl)c2)ccc1OCCOCCOc1ccc(C)cc1. The first-order chi connectivity index (χ1) is 17.0. The molecule has 3 rings (SSSR count). The van der Waals surface area contributed by atoms with Crippen molar-refractivity contribution < 1.29 is 23.7 Å². The molecule has 0 aliphatic rings. The van der Waals surface area contributed by atoms with Crippen molar-refractivity contribution in [1.29, 1.82) is 0 Å². The number of benzene rings is 3. The average molecular weight is 497 g/mol. The van der Waals surface area contributed by atoms with Crippen LogP contribution in [0.25, 0.3) is 0 Å². The Labute approximate surface area is 210 Å². The Balaban J connectivity index is 1.42. The van der Waals surface area contributed by atoms with Gasteiger partial charge in [0, 0.05) is 10.6 Å². The number of nitrogens with zero attached hydrogens (tertiary/aromatic N) is 1. The zero-order valence-electron chi connectivity index (χ0n) is 19.8. The molecular formula is C27H29ClN2O5. The maximum absolute atomic E-state index is 12.2. The summed E-state index contributed by atoms with van der Waals surface area (Å²) in [7, 11) is 0. The van der Waals surface area contributed by atoms with Gasteiger partial charge in [-0.05, 0) is 67.9 Å². The molecule has 0 aromatic heterocycles. The van der Waals surface area contributed by atoms with Crippen LogP contribution in [-0.4, -0.2) is 45.2 Å². The molecular weight excluding hydrogens is 468 g/mol. The maximum Gasteiger partial charge on any atom is 0.271 e. The predicted molar refractivity (Wildman–Crippen MR) is 137 cm³/mol. The second-order valence-corrected chi connectivity index (χ2v) is 7.91. The smallest absolute Gasteiger partial charge is 0.271 e. The highest BCUT2D eigenvalue weighted by Crippen LogP contribution is 2.28. The number of amides is 1. The standard InChI is InChI=1S/C27H29ClN2O5/c1-3-33-26-17-21(19-29-30-27(31)22-5-4-6-23(28)18-22)9-12-25(26)35-16-14-32-13-15-34-24-10-7-20(2)8-11-24/h4-12,17-19H,3,13-16H2,1-2H3,(H,30,31). The first-order valence-electron chi connectivity index (χ1n) is 11.3. The molecule has 0 saturated carbocycles. The van der Waals surface area contributed by atoms with E-state index < -0.39 is 0 Å². The highest BCUT2D eigenvalue weighted by molar-refractivity contribution is 6.30. The van der Waals surface area contributed by atoms with Gasteiger partial charge in [0.2, 0.25) is 0 Å². The van der Waals surface area contributed by atoms with Crippen molar-refractivity contribution in [2.45, 2.75) is 13.8 Å². The molecule has 0 saturated heterocycles. The number of hydrogen-bond acceptors (Lipinski definition) is 6. The molecule has 0 radical (unpaired) electrons. The molecule has 1 N–H and O–H groups in total. The molecule has 184 valence electrons. The summed E-state index contributed by atoms with van der Waals surface area (Å²) in [6.07, 6.45) is 1.53. The molecule has 0 aliphatic heterocycles. The third-order valence-electron chi connectivity index (χ3n) is 4.74. The molecule has 1 amide bonds. The molecule has 3 aromatic rings. The quantitative estimate of drug-likeness (QED) is 0.198. The fourth-order valence-electron chi connectivity index (χ4n) is 3.02. The number of carbonyl (C=O) groups excluding carboxylic acids is 1. The minimum absolute atomic E-state index is 0.349. The molecule has 0 bridgehead atoms. The molecule has 0 unspecified atom stereocenters. The van der Waals surface area contributed by atoms with E-state index in [2.05, 4.69) is 10.5 Å². The van der Waals surface area contributed by atoms with Crippen LogP contribution in [0.3, 0.4) is 0 Å². The van der Waals surface area contributed by atoms with E-state index in [9.17, 15) is 4.79 Å². The largest absolute Gasteiger partial charge is 0.491 e. The summed E-state index contributed by atoms with van der Waals surface area (Å²) in [5.74, 6) is 1.66. The van der Waals surface area contributed by atoms with E-state index in [1.165, 1.54) is 11.8 Å². The number of hydrazone groups is 1. The Bertz CT molecular complexity index is 1120. The van der Waals surface area contributed by atoms with Crippen LogP contribution < -0.4 is 19.6 Å². The molecule has 0 fully saturated rings. The van der Waals surface area contributed by atoms with Crippen LogP contribution in [0, 0.1) is 6.92 Å². The average Bonchev–Trinajstić information content (AvgIpc) is 2.85. The summed E-state index contributed by atoms with van der Waals surface area (Å²) < 4.78 is 22.7. The number of carbonyl (C=O) groups is 1. The molecule has 8 heteroatoms. The summed E-state index contributed by atoms with van der Waals surface area (Å²) >= 11 is 5.92. The van der Waals surface area contributed by atoms with Crippen molar-refractivity contribution in [3.63, 3.8) is 0 Å². The monoisotopic (exact) mass is 496 g/mol. The Morgan fingerprint density at radius 3 is 2.43 bits per heavy atom. The lowest BCUT2D eigenvalue weighted by molar-refractivity contribution is 0.0755. The van der Waals surface area contributed by atoms with Crippen LogP contribution in [0.5, 0.6) is 17.2 Å². The number of hydrogen-bond donors (Lipinski definition) is 1. The van der Waals surface area contributed by atoms with Crippen LogP contribution in [-0.2, 0) is 4.74 Å². The van der Waals surface area contributed by atoms with E-state index in [0.717, 1.165) is 11.3 Å². The van der Waals surface area contributed by atoms with Crippen LogP contribution in [0.15, 0.2) is 71.8 Å². The van der Waals surface area contributed by atoms with Gasteiger partial charge in [-0.1, -0.05) is 35.4 Å². The lowest BCUT2D eigenvalue weighted by atomic mass is 10.2. The minimum atomic E-state index is -0.349. The Hall–Kier alpha value is -3.55. The fourth-order valence-corrected chi connectivity index (χ4v) is 3.21. The van der Waals surface area contributed by atoms with Crippen molar-refractivity contribution in [2.75, 3.05) is 33.0 Å². The third-order valence-corrected chi connectivity index (χ3v) is 4.97. The zero-order chi connectivity index (χ0) is 24.9. The van der Waals surface area contributed by atoms with E-state index in [1.54, 1.807) is 36.4 Å². The molecule has 0 atom stereocenters. The number of aryl methyl sites for hydroxylation is 1. The number of nitrogens with one attached hydrogen (secondary N) is 1. The van der Waals surface area contributed by atoms with Crippen LogP contribution >= 0.6 is 11.6 Å². The van der Waals surface area contributed by atoms with Gasteiger partial charge in [0.05, 0.1) is 26.0 Å². The Morgan fingerprint density at radius 1 is 0.914 bits per heavy atom. The van der Waals surface area contributed by atoms with Gasteiger partial charge in [-0.15, -0.1) is 0 Å². The van der Waals surface area contributed by atoms with Crippen molar-refractivity contribution in [3.8, 4) is 17.2 Å². The van der Waals surface area contributed by atoms with Crippen LogP contribution in [0.2, 0.25) is 5.02 Å². The number of halogens is 1. The first-order valence-corrected chi connectivity index (χ1v) is 11.7. The van der Waals surface area contributed by atoms with Crippen molar-refractivity contribution in [1.82, 2.24) is 5.43 Å². The molecule has 7 nitrogen and oxygen atoms in total. The Morgan fingerprint density at radius 2 is 1.69 bits per heavy atom. The van der Waals surface area contributed by atoms with E-state index in [4.69, 9.17) is 30.5 Å². The van der Waals surface area contributed by atoms with Gasteiger partial charge >= 0.3 is 0 Å². The summed E-state index contributed by atoms with van der Waals surface area (Å²) in [5, 5.41) is 4.50. The summed E-state index contributed by atoms with van der Waals surface area (Å²) in [6.45, 7) is 6.13. The molecule has 0 spiro atoms. The predicted octanol–water partition coefficient (Wildman–Crippen LogP) is 5.29. The van der Waals surface area contributed by atoms with E-state index in [1.807, 2.05) is 44.2 Å². The topological polar surface area (TPSA) is 78.4 Å². The number of rotatable bonds is 13. The zero-order valence-corrected chi connectivity index (χ0v) is 20.6. The van der Waals surface area contributed by atoms with E-state index >= 15 is 0 Å². The van der Waals surface area contributed by atoms with Gasteiger partial charge in [0.25, 0.3) is 5.91 Å². The van der Waals surface area contributed by atoms with E-state index in [-0.39, 0.29) is 5.91 Å². The fraction of sp³-hybridized carbons (Fsp3) is 0.259. The summed E-state index contributed by atoms with van der Waals surface area (Å²) in [5.41, 5.74) is 4.85. The van der Waals surface area contributed by atoms with Gasteiger partial charge < -0.3 is 18.9 Å². The lowest BCUT2D eigenvalue weighted by Gasteiger charge is -2.13. The molecule has 35 heavy (non-hydrogen) atoms. The van der Waals surface area contributed by atoms with Gasteiger partial charge in [0.15, 0.2) is 11.5 Å². The Kier molecular flexibility index (Phi) is 10.4. The second kappa shape index (κ2) is 14.0. The number of ether oxygens (including phenoxy) is 4. The maximum atomic E-state index is 12.2. The molecule has 3 aromatic carbocycles. The highest BCUT2D eigenvalue weighted by atomic mass is 35.5. The minimum Gasteiger partial charge on any atom is -0.491 e. The van der Waals surface area contributed by atoms with Gasteiger partial charge in [-0.2, -0.15) is 5.10 Å². The first kappa shape index (κ1) is 26.1. The normalized spacial score (nSPS) is 10.8. The summed E-state index contributed by atoms with van der Waals surface area (Å²) in [4.78, 5) is 12.2. The molecule has 0 aliphatic carbocycles. The van der Waals surface area contributed by atoms with Crippen LogP contribution in [0.1, 0.15) is 28.4 Å². The van der Waals surface area contributed by atoms with Crippen molar-refractivity contribution >= 4 is 23.7 Å². The highest BCUT2D eigenvalue weighted by Gasteiger charge is 2.07. The third kappa shape index (κ3) is 8.96. The second-order valence-electron chi connectivity index (χ2n) is 7.47. The van der Waals surface area contributed by atoms with Gasteiger partial charge in [-0.25, -0.2) is 5.43 Å². The molecule has 0 heterocycles. The van der Waals surface area contributed by atoms with Crippen molar-refractivity contribution in [3.05, 3.63) is 88.4 Å². The van der Waals surface area contributed by atoms with Gasteiger partial charge in [-0.3, -0.25) is 4.79 Å². The van der Waals surface area contributed by atoms with Crippen molar-refractivity contribution in [2.24, 2.45) is 5.10 Å². The summed E-state index contributed by atoms with van der Waals surface area (Å²) in [6, 6.07) is 20.0. The van der Waals surface area contributed by atoms with Gasteiger partial charge in [0.1, 0.15) is 19.0 Å².